The Balaban J connectivity index is 1.44. The van der Waals surface area contributed by atoms with Crippen molar-refractivity contribution >= 4 is 34.3 Å². The molecule has 1 amide bonds. The summed E-state index contributed by atoms with van der Waals surface area (Å²) < 4.78 is 2.02. The summed E-state index contributed by atoms with van der Waals surface area (Å²) in [4.78, 5) is 16.8. The second-order valence-corrected chi connectivity index (χ2v) is 7.26. The molecule has 4 aromatic rings. The number of hydrogen-bond donors (Lipinski definition) is 1. The third-order valence-corrected chi connectivity index (χ3v) is 5.30. The van der Waals surface area contributed by atoms with Crippen LogP contribution in [0.1, 0.15) is 11.4 Å². The zero-order chi connectivity index (χ0) is 19.3. The molecule has 0 aliphatic heterocycles. The molecule has 6 nitrogen and oxygen atoms in total. The number of anilines is 1. The van der Waals surface area contributed by atoms with Crippen LogP contribution in [-0.2, 0) is 11.3 Å². The predicted molar refractivity (Wildman–Crippen MR) is 111 cm³/mol. The van der Waals surface area contributed by atoms with Crippen LogP contribution in [0.25, 0.3) is 10.9 Å². The van der Waals surface area contributed by atoms with Crippen LogP contribution in [-0.4, -0.2) is 31.4 Å². The van der Waals surface area contributed by atoms with Gasteiger partial charge in [0, 0.05) is 11.6 Å². The van der Waals surface area contributed by atoms with E-state index in [4.69, 9.17) is 0 Å². The highest BCUT2D eigenvalue weighted by Crippen LogP contribution is 2.23. The normalized spacial score (nSPS) is 10.9. The van der Waals surface area contributed by atoms with E-state index in [0.717, 1.165) is 27.6 Å². The number of benzene rings is 2. The molecule has 4 rings (SSSR count). The van der Waals surface area contributed by atoms with Gasteiger partial charge in [-0.15, -0.1) is 10.2 Å². The van der Waals surface area contributed by atoms with Gasteiger partial charge in [-0.3, -0.25) is 9.78 Å². The summed E-state index contributed by atoms with van der Waals surface area (Å²) in [6.07, 6.45) is 1.74. The number of aryl methyl sites for hydroxylation is 1. The van der Waals surface area contributed by atoms with Crippen LogP contribution in [0.15, 0.2) is 72.0 Å². The molecule has 0 aliphatic carbocycles. The Bertz CT molecular complexity index is 1100. The fourth-order valence-electron chi connectivity index (χ4n) is 2.95. The number of hydrogen-bond acceptors (Lipinski definition) is 5. The molecule has 0 saturated carbocycles. The molecule has 0 fully saturated rings. The largest absolute Gasteiger partial charge is 0.325 e. The highest BCUT2D eigenvalue weighted by molar-refractivity contribution is 7.99. The van der Waals surface area contributed by atoms with Crippen LogP contribution < -0.4 is 5.32 Å². The fraction of sp³-hybridized carbons (Fsp3) is 0.143. The highest BCUT2D eigenvalue weighted by atomic mass is 32.2. The van der Waals surface area contributed by atoms with Crippen LogP contribution in [0.2, 0.25) is 0 Å². The lowest BCUT2D eigenvalue weighted by atomic mass is 10.2. The smallest absolute Gasteiger partial charge is 0.234 e. The molecule has 0 bridgehead atoms. The van der Waals surface area contributed by atoms with Gasteiger partial charge in [0.25, 0.3) is 0 Å². The van der Waals surface area contributed by atoms with Gasteiger partial charge in [-0.25, -0.2) is 0 Å². The number of amides is 1. The molecule has 7 heteroatoms. The van der Waals surface area contributed by atoms with Crippen LogP contribution >= 0.6 is 11.8 Å². The van der Waals surface area contributed by atoms with Gasteiger partial charge >= 0.3 is 0 Å². The van der Waals surface area contributed by atoms with Crippen molar-refractivity contribution < 1.29 is 4.79 Å². The van der Waals surface area contributed by atoms with E-state index < -0.39 is 0 Å². The average Bonchev–Trinajstić information content (AvgIpc) is 3.07. The number of thioether (sulfide) groups is 1. The summed E-state index contributed by atoms with van der Waals surface area (Å²) >= 11 is 1.38. The Morgan fingerprint density at radius 2 is 1.89 bits per heavy atom. The molecular formula is C21H19N5OS. The van der Waals surface area contributed by atoms with Crippen LogP contribution in [0.4, 0.5) is 5.69 Å². The third-order valence-electron chi connectivity index (χ3n) is 4.34. The maximum Gasteiger partial charge on any atom is 0.234 e. The van der Waals surface area contributed by atoms with Crippen molar-refractivity contribution in [2.75, 3.05) is 11.1 Å². The summed E-state index contributed by atoms with van der Waals surface area (Å²) in [5.41, 5.74) is 2.78. The molecule has 0 atom stereocenters. The van der Waals surface area contributed by atoms with Gasteiger partial charge < -0.3 is 9.88 Å². The van der Waals surface area contributed by atoms with Gasteiger partial charge in [-0.2, -0.15) is 0 Å². The maximum absolute atomic E-state index is 12.5. The van der Waals surface area contributed by atoms with E-state index in [1.807, 2.05) is 60.0 Å². The number of rotatable bonds is 6. The SMILES string of the molecule is Cc1nnc(SCC(=O)Nc2cccc3ncccc23)n1Cc1ccccc1. The molecule has 0 spiro atoms. The third kappa shape index (κ3) is 4.04. The summed E-state index contributed by atoms with van der Waals surface area (Å²) in [5.74, 6) is 0.990. The molecule has 0 aliphatic rings. The minimum Gasteiger partial charge on any atom is -0.325 e. The van der Waals surface area contributed by atoms with E-state index in [0.29, 0.717) is 6.54 Å². The van der Waals surface area contributed by atoms with E-state index in [1.54, 1.807) is 6.20 Å². The zero-order valence-electron chi connectivity index (χ0n) is 15.4. The first-order chi connectivity index (χ1) is 13.7. The Labute approximate surface area is 167 Å². The number of nitrogens with one attached hydrogen (secondary N) is 1. The standard InChI is InChI=1S/C21H19N5OS/c1-15-24-25-21(26(15)13-16-7-3-2-4-8-16)28-14-20(27)23-19-11-5-10-18-17(19)9-6-12-22-18/h2-12H,13-14H2,1H3,(H,23,27). The van der Waals surface area contributed by atoms with Gasteiger partial charge in [-0.1, -0.05) is 48.2 Å². The lowest BCUT2D eigenvalue weighted by Crippen LogP contribution is -2.15. The molecule has 1 N–H and O–H groups in total. The topological polar surface area (TPSA) is 72.7 Å². The van der Waals surface area contributed by atoms with E-state index in [-0.39, 0.29) is 11.7 Å². The molecule has 0 radical (unpaired) electrons. The van der Waals surface area contributed by atoms with E-state index in [1.165, 1.54) is 17.3 Å². The number of aromatic nitrogens is 4. The van der Waals surface area contributed by atoms with Crippen LogP contribution in [0, 0.1) is 6.92 Å². The van der Waals surface area contributed by atoms with Crippen molar-refractivity contribution in [3.05, 3.63) is 78.2 Å². The van der Waals surface area contributed by atoms with E-state index in [2.05, 4.69) is 32.6 Å². The van der Waals surface area contributed by atoms with Gasteiger partial charge in [0.15, 0.2) is 5.16 Å². The highest BCUT2D eigenvalue weighted by Gasteiger charge is 2.13. The summed E-state index contributed by atoms with van der Waals surface area (Å²) in [5, 5.41) is 13.0. The Morgan fingerprint density at radius 1 is 1.04 bits per heavy atom. The van der Waals surface area contributed by atoms with E-state index >= 15 is 0 Å². The average molecular weight is 389 g/mol. The summed E-state index contributed by atoms with van der Waals surface area (Å²) in [7, 11) is 0. The van der Waals surface area contributed by atoms with Gasteiger partial charge in [0.05, 0.1) is 23.5 Å². The monoisotopic (exact) mass is 389 g/mol. The fourth-order valence-corrected chi connectivity index (χ4v) is 3.73. The summed E-state index contributed by atoms with van der Waals surface area (Å²) in [6.45, 7) is 2.60. The van der Waals surface area contributed by atoms with Crippen LogP contribution in [0.3, 0.4) is 0 Å². The first-order valence-electron chi connectivity index (χ1n) is 8.91. The molecule has 0 saturated heterocycles. The van der Waals surface area contributed by atoms with E-state index in [9.17, 15) is 4.79 Å². The van der Waals surface area contributed by atoms with Crippen LogP contribution in [0.5, 0.6) is 0 Å². The predicted octanol–water partition coefficient (Wildman–Crippen LogP) is 3.91. The van der Waals surface area contributed by atoms with Crippen molar-refractivity contribution in [1.82, 2.24) is 19.7 Å². The molecule has 28 heavy (non-hydrogen) atoms. The lowest BCUT2D eigenvalue weighted by Gasteiger charge is -2.10. The number of carbonyl (C=O) groups excluding carboxylic acids is 1. The van der Waals surface area contributed by atoms with Gasteiger partial charge in [-0.05, 0) is 36.8 Å². The zero-order valence-corrected chi connectivity index (χ0v) is 16.2. The molecule has 2 aromatic heterocycles. The molecule has 2 aromatic carbocycles. The van der Waals surface area contributed by atoms with Gasteiger partial charge in [0.2, 0.25) is 5.91 Å². The first kappa shape index (κ1) is 18.2. The molecule has 0 unspecified atom stereocenters. The Kier molecular flexibility index (Phi) is 5.34. The maximum atomic E-state index is 12.5. The minimum absolute atomic E-state index is 0.0896. The van der Waals surface area contributed by atoms with Gasteiger partial charge in [0.1, 0.15) is 5.82 Å². The quantitative estimate of drug-likeness (QED) is 0.506. The number of pyridine rings is 1. The Morgan fingerprint density at radius 3 is 2.75 bits per heavy atom. The number of fused-ring (bicyclic) bond motifs is 1. The number of carbonyl (C=O) groups is 1. The minimum atomic E-state index is -0.0896. The lowest BCUT2D eigenvalue weighted by molar-refractivity contribution is -0.113. The number of nitrogens with zero attached hydrogens (tertiary/aromatic N) is 4. The van der Waals surface area contributed by atoms with Crippen molar-refractivity contribution in [3.8, 4) is 0 Å². The van der Waals surface area contributed by atoms with Crippen molar-refractivity contribution in [2.45, 2.75) is 18.6 Å². The van der Waals surface area contributed by atoms with Crippen molar-refractivity contribution in [2.24, 2.45) is 0 Å². The molecule has 2 heterocycles. The first-order valence-corrected chi connectivity index (χ1v) is 9.89. The molecular weight excluding hydrogens is 370 g/mol. The summed E-state index contributed by atoms with van der Waals surface area (Å²) in [6, 6.07) is 19.6. The van der Waals surface area contributed by atoms with Crippen molar-refractivity contribution in [1.29, 1.82) is 0 Å². The second-order valence-electron chi connectivity index (χ2n) is 6.31. The Hall–Kier alpha value is -3.19. The molecule has 140 valence electrons. The van der Waals surface area contributed by atoms with Crippen molar-refractivity contribution in [3.63, 3.8) is 0 Å². The second kappa shape index (κ2) is 8.22.